The number of carbonyl (C=O) groups excluding carboxylic acids is 1. The number of nitrogens with one attached hydrogen (secondary N) is 1. The van der Waals surface area contributed by atoms with Crippen molar-refractivity contribution in [3.63, 3.8) is 0 Å². The van der Waals surface area contributed by atoms with E-state index in [1.165, 1.54) is 0 Å². The third-order valence-electron chi connectivity index (χ3n) is 5.75. The standard InChI is InChI=1S/C25H20ClN9O/c1-13(19-5-3-4-16(10-27)31-19)30-25(36)23-24(28)33-22(20-6-7-35(2)34-20)21(32-23)14-8-15-11-29-12-17(15)18(26)9-14/h3-9,11,13H,12H2,1-2H3,(H2,28,33)(H,30,36)/t13-/m0/s1. The van der Waals surface area contributed by atoms with Crippen LogP contribution in [0.3, 0.4) is 0 Å². The zero-order valence-electron chi connectivity index (χ0n) is 19.4. The van der Waals surface area contributed by atoms with E-state index in [-0.39, 0.29) is 17.2 Å². The number of hydrogen-bond acceptors (Lipinski definition) is 8. The van der Waals surface area contributed by atoms with Crippen LogP contribution in [0, 0.1) is 11.3 Å². The molecule has 1 amide bonds. The molecule has 0 fully saturated rings. The molecule has 0 bridgehead atoms. The lowest BCUT2D eigenvalue weighted by atomic mass is 10.0. The normalized spacial score (nSPS) is 12.7. The topological polar surface area (TPSA) is 148 Å². The molecule has 4 heterocycles. The van der Waals surface area contributed by atoms with Crippen LogP contribution in [0.25, 0.3) is 22.6 Å². The molecule has 0 radical (unpaired) electrons. The van der Waals surface area contributed by atoms with E-state index in [1.54, 1.807) is 61.4 Å². The van der Waals surface area contributed by atoms with Gasteiger partial charge >= 0.3 is 0 Å². The van der Waals surface area contributed by atoms with Gasteiger partial charge in [0.15, 0.2) is 11.5 Å². The van der Waals surface area contributed by atoms with Gasteiger partial charge in [-0.2, -0.15) is 10.4 Å². The molecule has 1 atom stereocenters. The van der Waals surface area contributed by atoms with Crippen molar-refractivity contribution in [2.24, 2.45) is 12.0 Å². The fourth-order valence-corrected chi connectivity index (χ4v) is 4.23. The molecule has 0 saturated heterocycles. The number of aliphatic imine (C=N–C) groups is 1. The highest BCUT2D eigenvalue weighted by Crippen LogP contribution is 2.35. The lowest BCUT2D eigenvalue weighted by molar-refractivity contribution is 0.0935. The highest BCUT2D eigenvalue weighted by molar-refractivity contribution is 6.32. The number of pyridine rings is 1. The van der Waals surface area contributed by atoms with Crippen LogP contribution in [-0.4, -0.2) is 36.9 Å². The van der Waals surface area contributed by atoms with Crippen molar-refractivity contribution in [2.45, 2.75) is 19.5 Å². The van der Waals surface area contributed by atoms with Crippen molar-refractivity contribution >= 4 is 29.5 Å². The maximum atomic E-state index is 13.2. The Morgan fingerprint density at radius 2 is 2.06 bits per heavy atom. The van der Waals surface area contributed by atoms with E-state index in [4.69, 9.17) is 22.6 Å². The van der Waals surface area contributed by atoms with E-state index in [2.05, 4.69) is 30.4 Å². The smallest absolute Gasteiger partial charge is 0.274 e. The summed E-state index contributed by atoms with van der Waals surface area (Å²) < 4.78 is 1.64. The highest BCUT2D eigenvalue weighted by Gasteiger charge is 2.24. The minimum absolute atomic E-state index is 0.0433. The molecule has 1 aromatic carbocycles. The van der Waals surface area contributed by atoms with E-state index in [9.17, 15) is 4.79 Å². The second-order valence-electron chi connectivity index (χ2n) is 8.28. The number of aryl methyl sites for hydroxylation is 1. The third kappa shape index (κ3) is 4.28. The van der Waals surface area contributed by atoms with Crippen LogP contribution in [0.4, 0.5) is 5.82 Å². The van der Waals surface area contributed by atoms with E-state index in [0.29, 0.717) is 39.9 Å². The fourth-order valence-electron chi connectivity index (χ4n) is 3.94. The summed E-state index contributed by atoms with van der Waals surface area (Å²) in [6.45, 7) is 2.27. The summed E-state index contributed by atoms with van der Waals surface area (Å²) in [5, 5.41) is 17.0. The molecular weight excluding hydrogens is 478 g/mol. The van der Waals surface area contributed by atoms with Crippen molar-refractivity contribution in [3.05, 3.63) is 75.8 Å². The van der Waals surface area contributed by atoms with Crippen molar-refractivity contribution in [1.82, 2.24) is 30.0 Å². The number of halogens is 1. The van der Waals surface area contributed by atoms with Crippen LogP contribution < -0.4 is 11.1 Å². The average Bonchev–Trinajstić information content (AvgIpc) is 3.53. The zero-order valence-corrected chi connectivity index (χ0v) is 20.2. The Hall–Kier alpha value is -4.62. The maximum Gasteiger partial charge on any atom is 0.274 e. The van der Waals surface area contributed by atoms with Crippen molar-refractivity contribution < 1.29 is 4.79 Å². The van der Waals surface area contributed by atoms with Crippen LogP contribution in [-0.2, 0) is 13.6 Å². The van der Waals surface area contributed by atoms with Crippen LogP contribution in [0.15, 0.2) is 47.6 Å². The Balaban J connectivity index is 1.58. The van der Waals surface area contributed by atoms with Crippen LogP contribution in [0.1, 0.15) is 46.0 Å². The van der Waals surface area contributed by atoms with Crippen molar-refractivity contribution in [2.75, 3.05) is 5.73 Å². The highest BCUT2D eigenvalue weighted by atomic mass is 35.5. The third-order valence-corrected chi connectivity index (χ3v) is 6.09. The number of nitrogen functional groups attached to an aromatic ring is 1. The number of aromatic nitrogens is 5. The van der Waals surface area contributed by atoms with E-state index in [1.807, 2.05) is 12.1 Å². The summed E-state index contributed by atoms with van der Waals surface area (Å²) in [4.78, 5) is 31.0. The molecule has 11 heteroatoms. The first-order chi connectivity index (χ1) is 17.3. The number of hydrogen-bond donors (Lipinski definition) is 2. The Kier molecular flexibility index (Phi) is 5.91. The van der Waals surface area contributed by atoms with Crippen LogP contribution in [0.2, 0.25) is 5.02 Å². The maximum absolute atomic E-state index is 13.2. The fraction of sp³-hybridized carbons (Fsp3) is 0.160. The molecule has 1 aliphatic heterocycles. The number of nitrogens with zero attached hydrogens (tertiary/aromatic N) is 7. The number of nitriles is 1. The molecular formula is C25H20ClN9O. The number of fused-ring (bicyclic) bond motifs is 1. The molecule has 3 N–H and O–H groups in total. The van der Waals surface area contributed by atoms with Gasteiger partial charge in [-0.15, -0.1) is 0 Å². The van der Waals surface area contributed by atoms with Gasteiger partial charge in [-0.1, -0.05) is 17.7 Å². The second kappa shape index (κ2) is 9.20. The van der Waals surface area contributed by atoms with Gasteiger partial charge in [0, 0.05) is 35.6 Å². The van der Waals surface area contributed by atoms with Gasteiger partial charge in [-0.3, -0.25) is 14.5 Å². The number of nitrogens with two attached hydrogens (primary N) is 1. The number of benzene rings is 1. The van der Waals surface area contributed by atoms with Gasteiger partial charge in [0.25, 0.3) is 5.91 Å². The number of amides is 1. The number of anilines is 1. The van der Waals surface area contributed by atoms with Gasteiger partial charge in [-0.25, -0.2) is 15.0 Å². The molecule has 3 aromatic heterocycles. The van der Waals surface area contributed by atoms with Gasteiger partial charge in [0.1, 0.15) is 23.2 Å². The molecule has 0 spiro atoms. The summed E-state index contributed by atoms with van der Waals surface area (Å²) in [5.74, 6) is -0.573. The Morgan fingerprint density at radius 3 is 2.81 bits per heavy atom. The first-order valence-electron chi connectivity index (χ1n) is 11.0. The predicted molar refractivity (Wildman–Crippen MR) is 135 cm³/mol. The lowest BCUT2D eigenvalue weighted by Gasteiger charge is -2.16. The minimum Gasteiger partial charge on any atom is -0.382 e. The molecule has 36 heavy (non-hydrogen) atoms. The number of rotatable bonds is 5. The summed E-state index contributed by atoms with van der Waals surface area (Å²) in [7, 11) is 1.79. The average molecular weight is 498 g/mol. The molecule has 178 valence electrons. The predicted octanol–water partition coefficient (Wildman–Crippen LogP) is 3.47. The van der Waals surface area contributed by atoms with E-state index >= 15 is 0 Å². The molecule has 4 aromatic rings. The first kappa shape index (κ1) is 23.1. The SMILES string of the molecule is C[C@H](NC(=O)c1nc(-c2cc(Cl)c3c(c2)C=NC3)c(-c2ccn(C)n2)nc1N)c1cccc(C#N)n1. The Labute approximate surface area is 211 Å². The molecule has 0 saturated carbocycles. The van der Waals surface area contributed by atoms with E-state index < -0.39 is 11.9 Å². The summed E-state index contributed by atoms with van der Waals surface area (Å²) in [6, 6.07) is 12.0. The van der Waals surface area contributed by atoms with Crippen molar-refractivity contribution in [1.29, 1.82) is 5.26 Å². The second-order valence-corrected chi connectivity index (χ2v) is 8.69. The molecule has 0 aliphatic carbocycles. The molecule has 0 unspecified atom stereocenters. The van der Waals surface area contributed by atoms with Gasteiger partial charge < -0.3 is 11.1 Å². The van der Waals surface area contributed by atoms with Gasteiger partial charge in [0.05, 0.1) is 24.0 Å². The Bertz CT molecular complexity index is 1590. The largest absolute Gasteiger partial charge is 0.382 e. The monoisotopic (exact) mass is 497 g/mol. The summed E-state index contributed by atoms with van der Waals surface area (Å²) in [6.07, 6.45) is 3.54. The van der Waals surface area contributed by atoms with Gasteiger partial charge in [-0.05, 0) is 42.8 Å². The molecule has 1 aliphatic rings. The Morgan fingerprint density at radius 1 is 1.22 bits per heavy atom. The minimum atomic E-state index is -0.528. The van der Waals surface area contributed by atoms with Crippen LogP contribution in [0.5, 0.6) is 0 Å². The zero-order chi connectivity index (χ0) is 25.4. The molecule has 5 rings (SSSR count). The summed E-state index contributed by atoms with van der Waals surface area (Å²) in [5.41, 5.74) is 10.8. The molecule has 10 nitrogen and oxygen atoms in total. The summed E-state index contributed by atoms with van der Waals surface area (Å²) >= 11 is 6.54. The lowest BCUT2D eigenvalue weighted by Crippen LogP contribution is -2.29. The quantitative estimate of drug-likeness (QED) is 0.428. The van der Waals surface area contributed by atoms with Crippen LogP contribution >= 0.6 is 11.6 Å². The van der Waals surface area contributed by atoms with Gasteiger partial charge in [0.2, 0.25) is 0 Å². The van der Waals surface area contributed by atoms with E-state index in [0.717, 1.165) is 11.1 Å². The number of carbonyl (C=O) groups is 1. The van der Waals surface area contributed by atoms with Crippen molar-refractivity contribution in [3.8, 4) is 28.7 Å². The first-order valence-corrected chi connectivity index (χ1v) is 11.4.